The van der Waals surface area contributed by atoms with Gasteiger partial charge in [0.25, 0.3) is 5.91 Å². The number of hydrogen-bond acceptors (Lipinski definition) is 7. The zero-order chi connectivity index (χ0) is 26.2. The molecular formula is C27H33N3O6. The molecule has 192 valence electrons. The van der Waals surface area contributed by atoms with Crippen LogP contribution in [0.5, 0.6) is 11.6 Å². The van der Waals surface area contributed by atoms with Crippen LogP contribution in [0.25, 0.3) is 0 Å². The van der Waals surface area contributed by atoms with Gasteiger partial charge < -0.3 is 29.1 Å². The van der Waals surface area contributed by atoms with E-state index in [-0.39, 0.29) is 42.4 Å². The summed E-state index contributed by atoms with van der Waals surface area (Å²) in [6, 6.07) is 8.59. The molecule has 0 saturated heterocycles. The molecule has 1 aliphatic rings. The maximum atomic E-state index is 13.5. The van der Waals surface area contributed by atoms with Crippen molar-refractivity contribution in [2.24, 2.45) is 5.92 Å². The number of ether oxygens (including phenoxy) is 3. The number of benzene rings is 1. The third-order valence-electron chi connectivity index (χ3n) is 6.11. The zero-order valence-corrected chi connectivity index (χ0v) is 21.4. The van der Waals surface area contributed by atoms with Crippen LogP contribution in [-0.4, -0.2) is 91.4 Å². The summed E-state index contributed by atoms with van der Waals surface area (Å²) >= 11 is 0. The van der Waals surface area contributed by atoms with Gasteiger partial charge in [-0.2, -0.15) is 0 Å². The van der Waals surface area contributed by atoms with E-state index < -0.39 is 12.1 Å². The molecule has 1 aliphatic heterocycles. The molecule has 0 saturated carbocycles. The number of aliphatic hydroxyl groups is 1. The standard InChI is InChI=1S/C27H33N3O6/c1-18-14-30(19(2)16-31)27(33)23-12-21(7-6-20-8-10-22(35-5)11-9-20)13-28-26(23)36-24(18)15-29(3)25(32)17-34-4/h8-13,18-19,24,31H,14-17H2,1-5H3/t18-,19-,24-/m1/s1. The van der Waals surface area contributed by atoms with E-state index in [1.54, 1.807) is 43.1 Å². The number of rotatable bonds is 7. The lowest BCUT2D eigenvalue weighted by Crippen LogP contribution is -2.50. The minimum Gasteiger partial charge on any atom is -0.497 e. The predicted octanol–water partition coefficient (Wildman–Crippen LogP) is 1.81. The minimum absolute atomic E-state index is 0.0329. The molecule has 0 unspecified atom stereocenters. The molecule has 9 nitrogen and oxygen atoms in total. The van der Waals surface area contributed by atoms with Gasteiger partial charge in [0.15, 0.2) is 0 Å². The summed E-state index contributed by atoms with van der Waals surface area (Å²) in [7, 11) is 4.75. The highest BCUT2D eigenvalue weighted by Gasteiger charge is 2.34. The Bertz CT molecular complexity index is 1120. The van der Waals surface area contributed by atoms with Gasteiger partial charge >= 0.3 is 0 Å². The molecule has 2 amide bonds. The predicted molar refractivity (Wildman–Crippen MR) is 134 cm³/mol. The Morgan fingerprint density at radius 1 is 1.28 bits per heavy atom. The van der Waals surface area contributed by atoms with Gasteiger partial charge in [-0.15, -0.1) is 0 Å². The maximum absolute atomic E-state index is 13.5. The molecule has 0 spiro atoms. The van der Waals surface area contributed by atoms with Gasteiger partial charge in [-0.05, 0) is 37.3 Å². The van der Waals surface area contributed by atoms with E-state index in [1.807, 2.05) is 31.2 Å². The third-order valence-corrected chi connectivity index (χ3v) is 6.11. The fourth-order valence-corrected chi connectivity index (χ4v) is 3.81. The molecule has 3 atom stereocenters. The molecule has 1 N–H and O–H groups in total. The second-order valence-electron chi connectivity index (χ2n) is 8.89. The number of methoxy groups -OCH3 is 2. The van der Waals surface area contributed by atoms with Crippen LogP contribution in [0.2, 0.25) is 0 Å². The number of aliphatic hydroxyl groups excluding tert-OH is 1. The van der Waals surface area contributed by atoms with Crippen molar-refractivity contribution >= 4 is 11.8 Å². The van der Waals surface area contributed by atoms with Crippen LogP contribution < -0.4 is 9.47 Å². The number of nitrogens with zero attached hydrogens (tertiary/aromatic N) is 3. The lowest BCUT2D eigenvalue weighted by Gasteiger charge is -2.37. The second-order valence-corrected chi connectivity index (χ2v) is 8.89. The maximum Gasteiger partial charge on any atom is 0.259 e. The monoisotopic (exact) mass is 495 g/mol. The van der Waals surface area contributed by atoms with Crippen molar-refractivity contribution in [3.63, 3.8) is 0 Å². The largest absolute Gasteiger partial charge is 0.497 e. The van der Waals surface area contributed by atoms with Crippen molar-refractivity contribution in [2.75, 3.05) is 47.6 Å². The van der Waals surface area contributed by atoms with Crippen LogP contribution in [0, 0.1) is 17.8 Å². The molecule has 0 bridgehead atoms. The molecule has 2 heterocycles. The van der Waals surface area contributed by atoms with E-state index in [0.29, 0.717) is 18.7 Å². The summed E-state index contributed by atoms with van der Waals surface area (Å²) in [5, 5.41) is 9.81. The number of amides is 2. The van der Waals surface area contributed by atoms with Gasteiger partial charge in [-0.3, -0.25) is 9.59 Å². The Labute approximate surface area is 212 Å². The normalized spacial score (nSPS) is 18.1. The van der Waals surface area contributed by atoms with Crippen molar-refractivity contribution in [1.82, 2.24) is 14.8 Å². The van der Waals surface area contributed by atoms with Crippen LogP contribution in [-0.2, 0) is 9.53 Å². The lowest BCUT2D eigenvalue weighted by atomic mass is 10.00. The van der Waals surface area contributed by atoms with Crippen LogP contribution in [0.1, 0.15) is 35.3 Å². The summed E-state index contributed by atoms with van der Waals surface area (Å²) < 4.78 is 16.3. The average molecular weight is 496 g/mol. The number of pyridine rings is 1. The third kappa shape index (κ3) is 6.53. The highest BCUT2D eigenvalue weighted by Crippen LogP contribution is 2.27. The van der Waals surface area contributed by atoms with E-state index >= 15 is 0 Å². The summed E-state index contributed by atoms with van der Waals surface area (Å²) in [6.45, 7) is 4.16. The summed E-state index contributed by atoms with van der Waals surface area (Å²) in [4.78, 5) is 33.4. The van der Waals surface area contributed by atoms with Crippen molar-refractivity contribution in [1.29, 1.82) is 0 Å². The van der Waals surface area contributed by atoms with Crippen molar-refractivity contribution in [3.8, 4) is 23.5 Å². The van der Waals surface area contributed by atoms with E-state index in [1.165, 1.54) is 7.11 Å². The zero-order valence-electron chi connectivity index (χ0n) is 21.4. The molecule has 1 aromatic heterocycles. The Balaban J connectivity index is 1.95. The van der Waals surface area contributed by atoms with E-state index in [4.69, 9.17) is 14.2 Å². The van der Waals surface area contributed by atoms with Crippen molar-refractivity contribution < 1.29 is 28.9 Å². The van der Waals surface area contributed by atoms with E-state index in [0.717, 1.165) is 11.3 Å². The van der Waals surface area contributed by atoms with Crippen LogP contribution in [0.3, 0.4) is 0 Å². The molecule has 3 rings (SSSR count). The fourth-order valence-electron chi connectivity index (χ4n) is 3.81. The first kappa shape index (κ1) is 27.0. The fraction of sp³-hybridized carbons (Fsp3) is 0.444. The molecule has 0 radical (unpaired) electrons. The highest BCUT2D eigenvalue weighted by molar-refractivity contribution is 5.97. The molecular weight excluding hydrogens is 462 g/mol. The van der Waals surface area contributed by atoms with Gasteiger partial charge in [0.1, 0.15) is 24.0 Å². The van der Waals surface area contributed by atoms with Crippen molar-refractivity contribution in [2.45, 2.75) is 26.0 Å². The molecule has 2 aromatic rings. The molecule has 36 heavy (non-hydrogen) atoms. The Morgan fingerprint density at radius 3 is 2.61 bits per heavy atom. The Kier molecular flexibility index (Phi) is 9.28. The summed E-state index contributed by atoms with van der Waals surface area (Å²) in [6.07, 6.45) is 1.13. The Morgan fingerprint density at radius 2 is 1.97 bits per heavy atom. The van der Waals surface area contributed by atoms with Crippen LogP contribution in [0.15, 0.2) is 36.5 Å². The smallest absolute Gasteiger partial charge is 0.259 e. The number of likely N-dealkylation sites (N-methyl/N-ethyl adjacent to an activating group) is 1. The van der Waals surface area contributed by atoms with Gasteiger partial charge in [0.05, 0.1) is 26.3 Å². The van der Waals surface area contributed by atoms with Gasteiger partial charge in [-0.25, -0.2) is 4.98 Å². The molecule has 9 heteroatoms. The van der Waals surface area contributed by atoms with Gasteiger partial charge in [0.2, 0.25) is 11.8 Å². The Hall–Kier alpha value is -3.61. The number of carbonyl (C=O) groups is 2. The van der Waals surface area contributed by atoms with Crippen LogP contribution in [0.4, 0.5) is 0 Å². The molecule has 0 fully saturated rings. The number of carbonyl (C=O) groups excluding carboxylic acids is 2. The van der Waals surface area contributed by atoms with Gasteiger partial charge in [0, 0.05) is 43.9 Å². The topological polar surface area (TPSA) is 101 Å². The van der Waals surface area contributed by atoms with E-state index in [2.05, 4.69) is 16.8 Å². The first-order valence-electron chi connectivity index (χ1n) is 11.7. The number of fused-ring (bicyclic) bond motifs is 1. The van der Waals surface area contributed by atoms with E-state index in [9.17, 15) is 14.7 Å². The average Bonchev–Trinajstić information content (AvgIpc) is 2.89. The lowest BCUT2D eigenvalue weighted by molar-refractivity contribution is -0.135. The first-order valence-corrected chi connectivity index (χ1v) is 11.7. The second kappa shape index (κ2) is 12.4. The summed E-state index contributed by atoms with van der Waals surface area (Å²) in [5.74, 6) is 6.43. The van der Waals surface area contributed by atoms with Gasteiger partial charge in [-0.1, -0.05) is 18.8 Å². The summed E-state index contributed by atoms with van der Waals surface area (Å²) in [5.41, 5.74) is 1.61. The SMILES string of the molecule is COCC(=O)N(C)C[C@H]1Oc2ncc(C#Cc3ccc(OC)cc3)cc2C(=O)N([C@H](C)CO)C[C@H]1C. The minimum atomic E-state index is -0.431. The molecule has 1 aromatic carbocycles. The van der Waals surface area contributed by atoms with Crippen LogP contribution >= 0.6 is 0 Å². The first-order chi connectivity index (χ1) is 17.3. The van der Waals surface area contributed by atoms with Crippen molar-refractivity contribution in [3.05, 3.63) is 53.2 Å². The number of aromatic nitrogens is 1. The number of hydrogen-bond donors (Lipinski definition) is 1. The highest BCUT2D eigenvalue weighted by atomic mass is 16.5. The quantitative estimate of drug-likeness (QED) is 0.585. The molecule has 0 aliphatic carbocycles.